The molecule has 0 aromatic rings. The van der Waals surface area contributed by atoms with Gasteiger partial charge in [0, 0.05) is 24.4 Å². The Morgan fingerprint density at radius 3 is 2.22 bits per heavy atom. The van der Waals surface area contributed by atoms with Crippen molar-refractivity contribution < 1.29 is 17.9 Å². The molecule has 0 fully saturated rings. The molecule has 1 atom stereocenters. The Morgan fingerprint density at radius 2 is 1.83 bits per heavy atom. The monoisotopic (exact) mass is 300 g/mol. The lowest BCUT2D eigenvalue weighted by Crippen LogP contribution is -2.27. The minimum atomic E-state index is -3.47. The quantitative estimate of drug-likeness (QED) is 0.485. The Kier molecular flexibility index (Phi) is 7.75. The topological polar surface area (TPSA) is 52.6 Å². The Labute approximate surface area is 115 Å². The number of rotatable bonds is 9. The smallest absolute Gasteiger partial charge is 0.232 e. The van der Waals surface area contributed by atoms with Crippen LogP contribution in [0.1, 0.15) is 34.1 Å². The highest BCUT2D eigenvalue weighted by Gasteiger charge is 2.21. The maximum absolute atomic E-state index is 11.1. The molecule has 0 saturated carbocycles. The van der Waals surface area contributed by atoms with Crippen molar-refractivity contribution in [2.75, 3.05) is 26.1 Å². The number of hydrogen-bond donors (Lipinski definition) is 0. The van der Waals surface area contributed by atoms with Crippen LogP contribution in [0.4, 0.5) is 0 Å². The van der Waals surface area contributed by atoms with Crippen molar-refractivity contribution in [2.24, 2.45) is 11.8 Å². The lowest BCUT2D eigenvalue weighted by atomic mass is 9.99. The van der Waals surface area contributed by atoms with Crippen LogP contribution in [0.15, 0.2) is 0 Å². The summed E-state index contributed by atoms with van der Waals surface area (Å²) in [7, 11) is 3.47. The first-order valence-electron chi connectivity index (χ1n) is 6.12. The zero-order valence-corrected chi connectivity index (χ0v) is 13.5. The van der Waals surface area contributed by atoms with E-state index in [1.54, 1.807) is 7.11 Å². The lowest BCUT2D eigenvalue weighted by Gasteiger charge is -2.24. The highest BCUT2D eigenvalue weighted by atomic mass is 35.7. The molecule has 4 nitrogen and oxygen atoms in total. The van der Waals surface area contributed by atoms with Crippen molar-refractivity contribution in [3.63, 3.8) is 0 Å². The first kappa shape index (κ1) is 18.2. The number of halogens is 1. The second-order valence-electron chi connectivity index (χ2n) is 5.50. The maximum atomic E-state index is 11.1. The molecule has 0 aliphatic carbocycles. The van der Waals surface area contributed by atoms with Crippen LogP contribution in [0.2, 0.25) is 0 Å². The molecular weight excluding hydrogens is 276 g/mol. The number of ether oxygens (including phenoxy) is 2. The summed E-state index contributed by atoms with van der Waals surface area (Å²) in [6.07, 6.45) is 0.766. The van der Waals surface area contributed by atoms with Crippen LogP contribution < -0.4 is 0 Å². The normalized spacial score (nSPS) is 15.1. The van der Waals surface area contributed by atoms with Crippen molar-refractivity contribution in [3.8, 4) is 0 Å². The molecule has 0 spiro atoms. The summed E-state index contributed by atoms with van der Waals surface area (Å²) in [5.74, 6) is 0.104. The Hall–Kier alpha value is 0.160. The predicted molar refractivity (Wildman–Crippen MR) is 74.5 cm³/mol. The van der Waals surface area contributed by atoms with Crippen molar-refractivity contribution in [1.29, 1.82) is 0 Å². The van der Waals surface area contributed by atoms with Crippen LogP contribution in [-0.4, -0.2) is 40.1 Å². The third-order valence-electron chi connectivity index (χ3n) is 3.09. The maximum Gasteiger partial charge on any atom is 0.232 e. The molecular formula is C12H25ClO4S. The molecule has 0 radical (unpaired) electrons. The molecule has 0 aliphatic rings. The van der Waals surface area contributed by atoms with E-state index in [0.29, 0.717) is 13.2 Å². The molecule has 0 saturated heterocycles. The fourth-order valence-corrected chi connectivity index (χ4v) is 2.82. The Bertz CT molecular complexity index is 325. The molecule has 110 valence electrons. The fraction of sp³-hybridized carbons (Fsp3) is 1.00. The van der Waals surface area contributed by atoms with Gasteiger partial charge in [0.05, 0.1) is 18.0 Å². The van der Waals surface area contributed by atoms with Crippen LogP contribution in [0.3, 0.4) is 0 Å². The summed E-state index contributed by atoms with van der Waals surface area (Å²) in [5, 5.41) is 0. The Morgan fingerprint density at radius 1 is 1.28 bits per heavy atom. The average molecular weight is 301 g/mol. The summed E-state index contributed by atoms with van der Waals surface area (Å²) in [5.41, 5.74) is -0.216. The van der Waals surface area contributed by atoms with Gasteiger partial charge in [-0.1, -0.05) is 13.8 Å². The molecule has 18 heavy (non-hydrogen) atoms. The van der Waals surface area contributed by atoms with E-state index in [1.807, 2.05) is 27.7 Å². The number of methoxy groups -OCH3 is 1. The van der Waals surface area contributed by atoms with Crippen LogP contribution in [0.25, 0.3) is 0 Å². The zero-order chi connectivity index (χ0) is 14.4. The van der Waals surface area contributed by atoms with Crippen LogP contribution in [-0.2, 0) is 18.5 Å². The molecule has 0 amide bonds. The predicted octanol–water partition coefficient (Wildman–Crippen LogP) is 2.66. The van der Waals surface area contributed by atoms with E-state index in [-0.39, 0.29) is 23.2 Å². The van der Waals surface area contributed by atoms with Crippen LogP contribution in [0, 0.1) is 11.8 Å². The van der Waals surface area contributed by atoms with Crippen molar-refractivity contribution in [2.45, 2.75) is 39.7 Å². The zero-order valence-electron chi connectivity index (χ0n) is 11.9. The minimum absolute atomic E-state index is 0.0418. The van der Waals surface area contributed by atoms with Gasteiger partial charge in [0.2, 0.25) is 9.05 Å². The summed E-state index contributed by atoms with van der Waals surface area (Å²) in [4.78, 5) is 0. The van der Waals surface area contributed by atoms with Gasteiger partial charge in [-0.2, -0.15) is 0 Å². The molecule has 6 heteroatoms. The first-order chi connectivity index (χ1) is 8.07. The SMILES string of the molecule is COC(C)(C)CCOCC(CS(=O)(=O)Cl)C(C)C. The summed E-state index contributed by atoms with van der Waals surface area (Å²) >= 11 is 0. The fourth-order valence-electron chi connectivity index (χ4n) is 1.34. The van der Waals surface area contributed by atoms with E-state index >= 15 is 0 Å². The third-order valence-corrected chi connectivity index (χ3v) is 4.29. The molecule has 1 unspecified atom stereocenters. The van der Waals surface area contributed by atoms with Gasteiger partial charge in [0.15, 0.2) is 0 Å². The van der Waals surface area contributed by atoms with E-state index in [2.05, 4.69) is 0 Å². The van der Waals surface area contributed by atoms with E-state index in [9.17, 15) is 8.42 Å². The standard InChI is InChI=1S/C12H25ClO4S/c1-10(2)11(9-18(13,14)15)8-17-7-6-12(3,4)16-5/h10-11H,6-9H2,1-5H3. The third kappa shape index (κ3) is 9.14. The van der Waals surface area contributed by atoms with Crippen LogP contribution >= 0.6 is 10.7 Å². The molecule has 0 rings (SSSR count). The van der Waals surface area contributed by atoms with Crippen molar-refractivity contribution >= 4 is 19.7 Å². The van der Waals surface area contributed by atoms with Gasteiger partial charge in [0.25, 0.3) is 0 Å². The molecule has 0 heterocycles. The van der Waals surface area contributed by atoms with E-state index in [4.69, 9.17) is 20.2 Å². The lowest BCUT2D eigenvalue weighted by molar-refractivity contribution is -0.0152. The van der Waals surface area contributed by atoms with Gasteiger partial charge in [-0.05, 0) is 32.1 Å². The van der Waals surface area contributed by atoms with Gasteiger partial charge in [-0.25, -0.2) is 8.42 Å². The van der Waals surface area contributed by atoms with Gasteiger partial charge in [-0.15, -0.1) is 0 Å². The van der Waals surface area contributed by atoms with Gasteiger partial charge >= 0.3 is 0 Å². The summed E-state index contributed by atoms with van der Waals surface area (Å²) < 4.78 is 33.0. The second kappa shape index (κ2) is 7.68. The number of hydrogen-bond acceptors (Lipinski definition) is 4. The molecule has 0 aromatic carbocycles. The molecule has 0 aromatic heterocycles. The van der Waals surface area contributed by atoms with E-state index < -0.39 is 9.05 Å². The first-order valence-corrected chi connectivity index (χ1v) is 8.60. The van der Waals surface area contributed by atoms with Gasteiger partial charge < -0.3 is 9.47 Å². The van der Waals surface area contributed by atoms with Gasteiger partial charge in [0.1, 0.15) is 0 Å². The van der Waals surface area contributed by atoms with Crippen LogP contribution in [0.5, 0.6) is 0 Å². The summed E-state index contributed by atoms with van der Waals surface area (Å²) in [6.45, 7) is 8.86. The highest BCUT2D eigenvalue weighted by molar-refractivity contribution is 8.13. The minimum Gasteiger partial charge on any atom is -0.381 e. The Balaban J connectivity index is 4.07. The average Bonchev–Trinajstić information content (AvgIpc) is 2.20. The largest absolute Gasteiger partial charge is 0.381 e. The highest BCUT2D eigenvalue weighted by Crippen LogP contribution is 2.17. The molecule has 0 aliphatic heterocycles. The summed E-state index contributed by atoms with van der Waals surface area (Å²) in [6, 6.07) is 0. The van der Waals surface area contributed by atoms with Crippen molar-refractivity contribution in [3.05, 3.63) is 0 Å². The van der Waals surface area contributed by atoms with Gasteiger partial charge in [-0.3, -0.25) is 0 Å². The van der Waals surface area contributed by atoms with E-state index in [0.717, 1.165) is 6.42 Å². The van der Waals surface area contributed by atoms with Crippen molar-refractivity contribution in [1.82, 2.24) is 0 Å². The van der Waals surface area contributed by atoms with E-state index in [1.165, 1.54) is 0 Å². The second-order valence-corrected chi connectivity index (χ2v) is 8.32. The molecule has 0 bridgehead atoms. The molecule has 0 N–H and O–H groups in total.